The summed E-state index contributed by atoms with van der Waals surface area (Å²) in [6.45, 7) is 3.73. The van der Waals surface area contributed by atoms with E-state index in [9.17, 15) is 4.39 Å². The number of aryl methyl sites for hydroxylation is 1. The number of nitrogens with zero attached hydrogens (tertiary/aromatic N) is 2. The average Bonchev–Trinajstić information content (AvgIpc) is 2.93. The van der Waals surface area contributed by atoms with Crippen molar-refractivity contribution in [3.05, 3.63) is 45.6 Å². The number of nitrogens with one attached hydrogen (secondary N) is 1. The molecule has 0 aliphatic carbocycles. The molecule has 0 bridgehead atoms. The first kappa shape index (κ1) is 13.3. The lowest BCUT2D eigenvalue weighted by Crippen LogP contribution is -2.07. The maximum Gasteiger partial charge on any atom is 0.217 e. The van der Waals surface area contributed by atoms with Gasteiger partial charge in [0.05, 0.1) is 22.3 Å². The third-order valence-corrected chi connectivity index (χ3v) is 3.73. The third-order valence-electron chi connectivity index (χ3n) is 3.14. The van der Waals surface area contributed by atoms with E-state index < -0.39 is 5.82 Å². The summed E-state index contributed by atoms with van der Waals surface area (Å²) in [4.78, 5) is 7.17. The Morgan fingerprint density at radius 2 is 2.25 bits per heavy atom. The zero-order valence-electron chi connectivity index (χ0n) is 10.8. The maximum absolute atomic E-state index is 13.5. The van der Waals surface area contributed by atoms with Crippen LogP contribution in [0, 0.1) is 17.5 Å². The van der Waals surface area contributed by atoms with Crippen LogP contribution in [0.4, 0.5) is 4.39 Å². The Morgan fingerprint density at radius 3 is 2.90 bits per heavy atom. The monoisotopic (exact) mass is 311 g/mol. The van der Waals surface area contributed by atoms with E-state index in [1.165, 1.54) is 6.07 Å². The van der Waals surface area contributed by atoms with Crippen LogP contribution < -0.4 is 0 Å². The van der Waals surface area contributed by atoms with Crippen molar-refractivity contribution >= 4 is 34.9 Å². The Kier molecular flexibility index (Phi) is 3.14. The van der Waals surface area contributed by atoms with Crippen LogP contribution in [0.15, 0.2) is 22.7 Å². The molecule has 0 aliphatic rings. The Hall–Kier alpha value is -1.66. The number of oxazole rings is 1. The molecule has 104 valence electrons. The standard InChI is InChI=1S/C13H11ClFN3OS/c1-6-5-16-12(19-6)7(2)18-11-3-8(14)9(15)4-10(11)17-13(18)20/h3-5,7H,1-2H3,(H,17,20). The molecule has 0 amide bonds. The second-order valence-electron chi connectivity index (χ2n) is 4.57. The smallest absolute Gasteiger partial charge is 0.217 e. The number of hydrogen-bond donors (Lipinski definition) is 1. The van der Waals surface area contributed by atoms with Gasteiger partial charge in [-0.15, -0.1) is 0 Å². The summed E-state index contributed by atoms with van der Waals surface area (Å²) < 4.78 is 21.3. The highest BCUT2D eigenvalue weighted by atomic mass is 35.5. The molecule has 4 nitrogen and oxygen atoms in total. The van der Waals surface area contributed by atoms with Crippen LogP contribution >= 0.6 is 23.8 Å². The normalized spacial score (nSPS) is 13.0. The van der Waals surface area contributed by atoms with Gasteiger partial charge in [-0.3, -0.25) is 0 Å². The highest BCUT2D eigenvalue weighted by Gasteiger charge is 2.18. The first-order valence-corrected chi connectivity index (χ1v) is 6.77. The highest BCUT2D eigenvalue weighted by Crippen LogP contribution is 2.27. The van der Waals surface area contributed by atoms with Crippen molar-refractivity contribution in [1.29, 1.82) is 0 Å². The molecule has 0 aliphatic heterocycles. The number of aromatic nitrogens is 3. The quantitative estimate of drug-likeness (QED) is 0.714. The lowest BCUT2D eigenvalue weighted by atomic mass is 10.2. The van der Waals surface area contributed by atoms with Gasteiger partial charge in [0, 0.05) is 6.07 Å². The van der Waals surface area contributed by atoms with E-state index in [1.54, 1.807) is 16.8 Å². The second-order valence-corrected chi connectivity index (χ2v) is 5.36. The average molecular weight is 312 g/mol. The SMILES string of the molecule is Cc1cnc(C(C)n2c(=S)[nH]c3cc(F)c(Cl)cc32)o1. The van der Waals surface area contributed by atoms with Crippen LogP contribution in [0.5, 0.6) is 0 Å². The van der Waals surface area contributed by atoms with Crippen molar-refractivity contribution in [2.75, 3.05) is 0 Å². The van der Waals surface area contributed by atoms with Gasteiger partial charge in [-0.05, 0) is 32.1 Å². The molecule has 7 heteroatoms. The molecule has 3 rings (SSSR count). The van der Waals surface area contributed by atoms with Crippen LogP contribution in [-0.4, -0.2) is 14.5 Å². The fourth-order valence-electron chi connectivity index (χ4n) is 2.18. The minimum Gasteiger partial charge on any atom is -0.444 e. The molecule has 0 spiro atoms. The summed E-state index contributed by atoms with van der Waals surface area (Å²) in [7, 11) is 0. The van der Waals surface area contributed by atoms with Crippen LogP contribution in [0.25, 0.3) is 11.0 Å². The molecule has 0 saturated heterocycles. The van der Waals surface area contributed by atoms with Crippen molar-refractivity contribution < 1.29 is 8.81 Å². The number of hydrogen-bond acceptors (Lipinski definition) is 3. The number of benzene rings is 1. The van der Waals surface area contributed by atoms with Gasteiger partial charge in [-0.1, -0.05) is 11.6 Å². The number of H-pyrrole nitrogens is 1. The van der Waals surface area contributed by atoms with Crippen LogP contribution in [0.2, 0.25) is 5.02 Å². The summed E-state index contributed by atoms with van der Waals surface area (Å²) >= 11 is 11.1. The molecule has 2 aromatic heterocycles. The molecule has 0 radical (unpaired) electrons. The van der Waals surface area contributed by atoms with Gasteiger partial charge < -0.3 is 14.0 Å². The maximum atomic E-state index is 13.5. The summed E-state index contributed by atoms with van der Waals surface area (Å²) in [5, 5.41) is 0.0519. The van der Waals surface area contributed by atoms with Crippen molar-refractivity contribution in [3.8, 4) is 0 Å². The summed E-state index contributed by atoms with van der Waals surface area (Å²) in [5.74, 6) is 0.782. The van der Waals surface area contributed by atoms with Crippen LogP contribution in [0.1, 0.15) is 24.6 Å². The van der Waals surface area contributed by atoms with E-state index in [4.69, 9.17) is 28.2 Å². The van der Waals surface area contributed by atoms with Gasteiger partial charge in [0.25, 0.3) is 0 Å². The van der Waals surface area contributed by atoms with Gasteiger partial charge >= 0.3 is 0 Å². The van der Waals surface area contributed by atoms with Gasteiger partial charge in [0.1, 0.15) is 17.6 Å². The first-order valence-electron chi connectivity index (χ1n) is 5.99. The van der Waals surface area contributed by atoms with E-state index in [0.29, 0.717) is 21.7 Å². The Labute approximate surface area is 124 Å². The second kappa shape index (κ2) is 4.71. The molecule has 0 fully saturated rings. The van der Waals surface area contributed by atoms with Gasteiger partial charge in [-0.25, -0.2) is 9.37 Å². The molecule has 3 aromatic rings. The summed E-state index contributed by atoms with van der Waals surface area (Å²) in [6.07, 6.45) is 1.65. The third kappa shape index (κ3) is 2.05. The zero-order chi connectivity index (χ0) is 14.4. The number of rotatable bonds is 2. The van der Waals surface area contributed by atoms with E-state index in [-0.39, 0.29) is 11.1 Å². The predicted octanol–water partition coefficient (Wildman–Crippen LogP) is 4.40. The van der Waals surface area contributed by atoms with E-state index in [0.717, 1.165) is 5.76 Å². The van der Waals surface area contributed by atoms with Gasteiger partial charge in [0.2, 0.25) is 5.89 Å². The van der Waals surface area contributed by atoms with Crippen molar-refractivity contribution in [3.63, 3.8) is 0 Å². The fourth-order valence-corrected chi connectivity index (χ4v) is 2.71. The van der Waals surface area contributed by atoms with E-state index in [1.807, 2.05) is 13.8 Å². The number of fused-ring (bicyclic) bond motifs is 1. The lowest BCUT2D eigenvalue weighted by Gasteiger charge is -2.11. The minimum absolute atomic E-state index is 0.0519. The molecule has 1 N–H and O–H groups in total. The van der Waals surface area contributed by atoms with Crippen LogP contribution in [-0.2, 0) is 0 Å². The number of imidazole rings is 1. The predicted molar refractivity (Wildman–Crippen MR) is 77.1 cm³/mol. The van der Waals surface area contributed by atoms with Crippen LogP contribution in [0.3, 0.4) is 0 Å². The fraction of sp³-hybridized carbons (Fsp3) is 0.231. The minimum atomic E-state index is -0.484. The van der Waals surface area contributed by atoms with E-state index in [2.05, 4.69) is 9.97 Å². The van der Waals surface area contributed by atoms with Crippen molar-refractivity contribution in [2.24, 2.45) is 0 Å². The molecular weight excluding hydrogens is 301 g/mol. The largest absolute Gasteiger partial charge is 0.444 e. The Balaban J connectivity index is 2.23. The van der Waals surface area contributed by atoms with Gasteiger partial charge in [0.15, 0.2) is 4.77 Å². The molecule has 1 atom stereocenters. The van der Waals surface area contributed by atoms with Gasteiger partial charge in [-0.2, -0.15) is 0 Å². The molecule has 1 unspecified atom stereocenters. The number of halogens is 2. The summed E-state index contributed by atoms with van der Waals surface area (Å²) in [6, 6.07) is 2.66. The topological polar surface area (TPSA) is 46.8 Å². The Bertz CT molecular complexity index is 851. The van der Waals surface area contributed by atoms with E-state index >= 15 is 0 Å². The van der Waals surface area contributed by atoms with Crippen molar-refractivity contribution in [1.82, 2.24) is 14.5 Å². The zero-order valence-corrected chi connectivity index (χ0v) is 12.3. The molecule has 0 saturated carbocycles. The highest BCUT2D eigenvalue weighted by molar-refractivity contribution is 7.71. The number of aromatic amines is 1. The molecule has 1 aromatic carbocycles. The lowest BCUT2D eigenvalue weighted by molar-refractivity contribution is 0.417. The Morgan fingerprint density at radius 1 is 1.50 bits per heavy atom. The molecule has 20 heavy (non-hydrogen) atoms. The molecular formula is C13H11ClFN3OS. The van der Waals surface area contributed by atoms with Crippen molar-refractivity contribution in [2.45, 2.75) is 19.9 Å². The summed E-state index contributed by atoms with van der Waals surface area (Å²) in [5.41, 5.74) is 1.30. The molecule has 2 heterocycles. The first-order chi connectivity index (χ1) is 9.47.